The molecule has 2 aliphatic heterocycles. The fourth-order valence-electron chi connectivity index (χ4n) is 6.34. The molecule has 0 saturated carbocycles. The SMILES string of the molecule is COc1ccc(-c2ccc(C(=O)O)cc2C)cc1-c1cnc(N2CCOCC2)nc1CN1C(=O)O[C@H](c2cc(C(F)(F)F)cc(C(F)(F)F)c2)[C@@H]1C. The number of amides is 1. The summed E-state index contributed by atoms with van der Waals surface area (Å²) in [6.45, 7) is 4.79. The lowest BCUT2D eigenvalue weighted by molar-refractivity contribution is -0.143. The van der Waals surface area contributed by atoms with Crippen molar-refractivity contribution < 1.29 is 55.2 Å². The molecule has 1 aromatic heterocycles. The van der Waals surface area contributed by atoms with E-state index in [9.17, 15) is 41.0 Å². The second-order valence-corrected chi connectivity index (χ2v) is 12.4. The van der Waals surface area contributed by atoms with E-state index in [1.165, 1.54) is 25.0 Å². The van der Waals surface area contributed by atoms with Crippen LogP contribution in [0.2, 0.25) is 0 Å². The van der Waals surface area contributed by atoms with Gasteiger partial charge in [-0.1, -0.05) is 12.1 Å². The Morgan fingerprint density at radius 1 is 0.942 bits per heavy atom. The smallest absolute Gasteiger partial charge is 0.416 e. The highest BCUT2D eigenvalue weighted by atomic mass is 19.4. The van der Waals surface area contributed by atoms with E-state index in [-0.39, 0.29) is 18.2 Å². The summed E-state index contributed by atoms with van der Waals surface area (Å²) < 4.78 is 98.7. The molecule has 2 atom stereocenters. The van der Waals surface area contributed by atoms with Gasteiger partial charge in [0.25, 0.3) is 0 Å². The average Bonchev–Trinajstić information content (AvgIpc) is 3.39. The van der Waals surface area contributed by atoms with E-state index in [4.69, 9.17) is 19.2 Å². The second kappa shape index (κ2) is 14.0. The number of morpholine rings is 1. The molecule has 0 bridgehead atoms. The minimum absolute atomic E-state index is 0.0204. The lowest BCUT2D eigenvalue weighted by atomic mass is 9.94. The number of aryl methyl sites for hydroxylation is 1. The van der Waals surface area contributed by atoms with Gasteiger partial charge >= 0.3 is 24.4 Å². The molecule has 2 aliphatic rings. The van der Waals surface area contributed by atoms with Gasteiger partial charge in [0.15, 0.2) is 0 Å². The lowest BCUT2D eigenvalue weighted by Crippen LogP contribution is -2.38. The molecule has 0 spiro atoms. The number of carbonyl (C=O) groups is 2. The van der Waals surface area contributed by atoms with E-state index in [1.54, 1.807) is 43.5 Å². The highest BCUT2D eigenvalue weighted by Crippen LogP contribution is 2.42. The number of halogens is 6. The summed E-state index contributed by atoms with van der Waals surface area (Å²) in [6, 6.07) is 10.1. The maximum absolute atomic E-state index is 13.7. The Kier molecular flexibility index (Phi) is 9.79. The zero-order chi connectivity index (χ0) is 37.5. The van der Waals surface area contributed by atoms with Crippen LogP contribution in [0.25, 0.3) is 22.3 Å². The zero-order valence-corrected chi connectivity index (χ0v) is 28.0. The minimum atomic E-state index is -5.09. The highest BCUT2D eigenvalue weighted by Gasteiger charge is 2.43. The van der Waals surface area contributed by atoms with Crippen molar-refractivity contribution in [2.75, 3.05) is 38.3 Å². The van der Waals surface area contributed by atoms with E-state index in [2.05, 4.69) is 4.98 Å². The minimum Gasteiger partial charge on any atom is -0.496 e. The van der Waals surface area contributed by atoms with Gasteiger partial charge in [0.2, 0.25) is 5.95 Å². The van der Waals surface area contributed by atoms with Crippen LogP contribution in [0.15, 0.2) is 60.8 Å². The van der Waals surface area contributed by atoms with Crippen LogP contribution in [-0.2, 0) is 28.4 Å². The number of aromatic carboxylic acids is 1. The van der Waals surface area contributed by atoms with E-state index >= 15 is 0 Å². The molecule has 1 amide bonds. The number of hydrogen-bond donors (Lipinski definition) is 1. The maximum atomic E-state index is 13.7. The number of alkyl halides is 6. The van der Waals surface area contributed by atoms with Gasteiger partial charge in [-0.3, -0.25) is 4.90 Å². The molecule has 16 heteroatoms. The summed E-state index contributed by atoms with van der Waals surface area (Å²) in [4.78, 5) is 37.4. The number of carbonyl (C=O) groups excluding carboxylic acids is 1. The molecule has 3 heterocycles. The largest absolute Gasteiger partial charge is 0.496 e. The standard InChI is InChI=1S/C36H32F6N4O6/c1-19-12-22(32(47)48)4-6-26(19)21-5-7-30(50-3)27(15-21)28-17-43-33(45-8-10-51-11-9-45)44-29(28)18-46-20(2)31(52-34(46)49)23-13-24(35(37,38)39)16-25(14-23)36(40,41)42/h4-7,12-17,20,31H,8-11,18H2,1-3H3,(H,47,48)/t20-,31-/m0/s1. The van der Waals surface area contributed by atoms with Gasteiger partial charge in [-0.25, -0.2) is 19.6 Å². The Hall–Kier alpha value is -5.38. The van der Waals surface area contributed by atoms with Gasteiger partial charge in [-0.2, -0.15) is 26.3 Å². The first-order valence-electron chi connectivity index (χ1n) is 16.0. The molecule has 1 N–H and O–H groups in total. The number of hydrogen-bond acceptors (Lipinski definition) is 8. The van der Waals surface area contributed by atoms with Crippen molar-refractivity contribution in [3.63, 3.8) is 0 Å². The van der Waals surface area contributed by atoms with Crippen molar-refractivity contribution in [2.45, 2.75) is 44.9 Å². The van der Waals surface area contributed by atoms with Crippen LogP contribution in [0.1, 0.15) is 51.3 Å². The summed E-state index contributed by atoms with van der Waals surface area (Å²) in [7, 11) is 1.46. The Morgan fingerprint density at radius 2 is 1.62 bits per heavy atom. The van der Waals surface area contributed by atoms with Crippen molar-refractivity contribution >= 4 is 18.0 Å². The molecule has 6 rings (SSSR count). The normalized spacial score (nSPS) is 18.1. The number of rotatable bonds is 8. The summed E-state index contributed by atoms with van der Waals surface area (Å²) in [5.41, 5.74) is -0.0125. The Bertz CT molecular complexity index is 1980. The number of anilines is 1. The van der Waals surface area contributed by atoms with Crippen LogP contribution in [-0.4, -0.2) is 71.5 Å². The fraction of sp³-hybridized carbons (Fsp3) is 0.333. The van der Waals surface area contributed by atoms with E-state index in [0.29, 0.717) is 78.1 Å². The maximum Gasteiger partial charge on any atom is 0.416 e. The zero-order valence-electron chi connectivity index (χ0n) is 28.0. The van der Waals surface area contributed by atoms with Gasteiger partial charge in [0.1, 0.15) is 11.9 Å². The number of carboxylic acid groups (broad SMARTS) is 1. The fourth-order valence-corrected chi connectivity index (χ4v) is 6.34. The predicted octanol–water partition coefficient (Wildman–Crippen LogP) is 7.78. The van der Waals surface area contributed by atoms with Crippen LogP contribution in [0, 0.1) is 6.92 Å². The first-order valence-corrected chi connectivity index (χ1v) is 16.0. The van der Waals surface area contributed by atoms with Crippen LogP contribution >= 0.6 is 0 Å². The van der Waals surface area contributed by atoms with Crippen molar-refractivity contribution in [2.24, 2.45) is 0 Å². The van der Waals surface area contributed by atoms with Crippen LogP contribution in [0.3, 0.4) is 0 Å². The summed E-state index contributed by atoms with van der Waals surface area (Å²) in [5.74, 6) is -0.342. The molecule has 0 radical (unpaired) electrons. The Morgan fingerprint density at radius 3 is 2.21 bits per heavy atom. The Labute approximate surface area is 293 Å². The van der Waals surface area contributed by atoms with Crippen LogP contribution < -0.4 is 9.64 Å². The van der Waals surface area contributed by atoms with Crippen molar-refractivity contribution in [3.05, 3.63) is 94.3 Å². The molecule has 2 saturated heterocycles. The molecule has 4 aromatic rings. The monoisotopic (exact) mass is 730 g/mol. The van der Waals surface area contributed by atoms with Crippen molar-refractivity contribution in [3.8, 4) is 28.0 Å². The summed E-state index contributed by atoms with van der Waals surface area (Å²) in [5, 5.41) is 9.44. The molecule has 0 unspecified atom stereocenters. The first kappa shape index (κ1) is 36.4. The third-order valence-corrected chi connectivity index (χ3v) is 9.07. The topological polar surface area (TPSA) is 114 Å². The second-order valence-electron chi connectivity index (χ2n) is 12.4. The van der Waals surface area contributed by atoms with E-state index in [0.717, 1.165) is 5.56 Å². The van der Waals surface area contributed by atoms with E-state index in [1.807, 2.05) is 4.90 Å². The molecular formula is C36H32F6N4O6. The van der Waals surface area contributed by atoms with E-state index < -0.39 is 53.3 Å². The van der Waals surface area contributed by atoms with Gasteiger partial charge in [0, 0.05) is 30.4 Å². The van der Waals surface area contributed by atoms with Crippen molar-refractivity contribution in [1.29, 1.82) is 0 Å². The van der Waals surface area contributed by atoms with Gasteiger partial charge in [0.05, 0.1) is 55.3 Å². The predicted molar refractivity (Wildman–Crippen MR) is 175 cm³/mol. The molecule has 274 valence electrons. The molecular weight excluding hydrogens is 698 g/mol. The van der Waals surface area contributed by atoms with Crippen LogP contribution in [0.5, 0.6) is 5.75 Å². The number of ether oxygens (including phenoxy) is 3. The molecule has 3 aromatic carbocycles. The number of methoxy groups -OCH3 is 1. The number of cyclic esters (lactones) is 1. The third-order valence-electron chi connectivity index (χ3n) is 9.07. The number of benzene rings is 3. The first-order chi connectivity index (χ1) is 24.5. The van der Waals surface area contributed by atoms with Crippen molar-refractivity contribution in [1.82, 2.24) is 14.9 Å². The van der Waals surface area contributed by atoms with Gasteiger partial charge in [-0.15, -0.1) is 0 Å². The summed E-state index contributed by atoms with van der Waals surface area (Å²) in [6.07, 6.45) is -11.0. The molecule has 2 fully saturated rings. The quantitative estimate of drug-likeness (QED) is 0.182. The third kappa shape index (κ3) is 7.33. The van der Waals surface area contributed by atoms with Crippen LogP contribution in [0.4, 0.5) is 37.1 Å². The summed E-state index contributed by atoms with van der Waals surface area (Å²) >= 11 is 0. The van der Waals surface area contributed by atoms with Gasteiger partial charge < -0.3 is 24.2 Å². The lowest BCUT2D eigenvalue weighted by Gasteiger charge is -2.28. The highest BCUT2D eigenvalue weighted by molar-refractivity contribution is 5.89. The molecule has 52 heavy (non-hydrogen) atoms. The average molecular weight is 731 g/mol. The Balaban J connectivity index is 1.42. The number of nitrogens with zero attached hydrogens (tertiary/aromatic N) is 4. The number of carboxylic acids is 1. The molecule has 0 aliphatic carbocycles. The molecule has 10 nitrogen and oxygen atoms in total. The van der Waals surface area contributed by atoms with Gasteiger partial charge in [-0.05, 0) is 78.6 Å². The number of aromatic nitrogens is 2.